The van der Waals surface area contributed by atoms with Gasteiger partial charge < -0.3 is 25.2 Å². The lowest BCUT2D eigenvalue weighted by molar-refractivity contribution is 0.121. The van der Waals surface area contributed by atoms with E-state index in [2.05, 4.69) is 19.7 Å². The Bertz CT molecular complexity index is 521. The smallest absolute Gasteiger partial charge is 0.191 e. The zero-order chi connectivity index (χ0) is 17.5. The summed E-state index contributed by atoms with van der Waals surface area (Å²) in [4.78, 5) is 16.1. The average Bonchev–Trinajstić information content (AvgIpc) is 3.20. The Kier molecular flexibility index (Phi) is 6.89. The lowest BCUT2D eigenvalue weighted by Gasteiger charge is -2.35. The lowest BCUT2D eigenvalue weighted by Crippen LogP contribution is -2.51. The van der Waals surface area contributed by atoms with E-state index in [1.807, 2.05) is 11.6 Å². The van der Waals surface area contributed by atoms with Gasteiger partial charge in [0.25, 0.3) is 0 Å². The molecule has 0 bridgehead atoms. The molecule has 2 saturated heterocycles. The molecule has 0 amide bonds. The fourth-order valence-corrected chi connectivity index (χ4v) is 4.13. The van der Waals surface area contributed by atoms with Crippen LogP contribution in [0.3, 0.4) is 0 Å². The van der Waals surface area contributed by atoms with Crippen molar-refractivity contribution in [3.63, 3.8) is 0 Å². The van der Waals surface area contributed by atoms with Crippen molar-refractivity contribution in [1.82, 2.24) is 14.8 Å². The standard InChI is InChI=1S/C17H30N6OS/c1-24-12-11-21-5-2-15(3-6-21)14-20-16(18)22-7-9-23(10-8-22)17-19-4-13-25-17/h4,13,15H,2-3,5-12,14H2,1H3,(H2,18,20). The number of ether oxygens (including phenoxy) is 1. The number of guanidine groups is 1. The van der Waals surface area contributed by atoms with Gasteiger partial charge in [-0.05, 0) is 31.8 Å². The first kappa shape index (κ1) is 18.4. The van der Waals surface area contributed by atoms with Crippen LogP contribution in [0, 0.1) is 5.92 Å². The van der Waals surface area contributed by atoms with E-state index in [4.69, 9.17) is 15.5 Å². The highest BCUT2D eigenvalue weighted by Gasteiger charge is 2.21. The monoisotopic (exact) mass is 366 g/mol. The minimum Gasteiger partial charge on any atom is -0.383 e. The maximum absolute atomic E-state index is 6.24. The number of anilines is 1. The Balaban J connectivity index is 1.38. The Morgan fingerprint density at radius 1 is 1.28 bits per heavy atom. The van der Waals surface area contributed by atoms with Gasteiger partial charge in [0, 0.05) is 58.0 Å². The van der Waals surface area contributed by atoms with Crippen molar-refractivity contribution in [2.24, 2.45) is 16.6 Å². The van der Waals surface area contributed by atoms with E-state index in [1.165, 1.54) is 12.8 Å². The number of aliphatic imine (C=N–C) groups is 1. The molecule has 3 heterocycles. The van der Waals surface area contributed by atoms with E-state index in [9.17, 15) is 0 Å². The van der Waals surface area contributed by atoms with Gasteiger partial charge in [-0.2, -0.15) is 0 Å². The molecule has 2 aliphatic rings. The predicted octanol–water partition coefficient (Wildman–Crippen LogP) is 0.938. The Morgan fingerprint density at radius 2 is 2.04 bits per heavy atom. The van der Waals surface area contributed by atoms with Crippen LogP contribution >= 0.6 is 11.3 Å². The lowest BCUT2D eigenvalue weighted by atomic mass is 9.97. The van der Waals surface area contributed by atoms with Crippen LogP contribution in [0.15, 0.2) is 16.6 Å². The highest BCUT2D eigenvalue weighted by atomic mass is 32.1. The van der Waals surface area contributed by atoms with E-state index in [1.54, 1.807) is 18.4 Å². The molecule has 8 heteroatoms. The van der Waals surface area contributed by atoms with Gasteiger partial charge in [0.2, 0.25) is 0 Å². The number of hydrogen-bond acceptors (Lipinski definition) is 6. The molecule has 2 fully saturated rings. The number of likely N-dealkylation sites (tertiary alicyclic amines) is 1. The number of rotatable bonds is 6. The molecule has 0 spiro atoms. The van der Waals surface area contributed by atoms with Gasteiger partial charge in [-0.3, -0.25) is 4.99 Å². The molecule has 1 aromatic heterocycles. The van der Waals surface area contributed by atoms with Crippen molar-refractivity contribution in [2.75, 3.05) is 71.0 Å². The number of hydrogen-bond donors (Lipinski definition) is 1. The van der Waals surface area contributed by atoms with Gasteiger partial charge in [0.1, 0.15) is 0 Å². The molecule has 0 aliphatic carbocycles. The van der Waals surface area contributed by atoms with E-state index in [-0.39, 0.29) is 0 Å². The summed E-state index contributed by atoms with van der Waals surface area (Å²) in [6.45, 7) is 8.78. The van der Waals surface area contributed by atoms with E-state index < -0.39 is 0 Å². The van der Waals surface area contributed by atoms with Crippen molar-refractivity contribution in [3.8, 4) is 0 Å². The minimum atomic E-state index is 0.661. The number of thiazole rings is 1. The summed E-state index contributed by atoms with van der Waals surface area (Å²) >= 11 is 1.70. The summed E-state index contributed by atoms with van der Waals surface area (Å²) in [6, 6.07) is 0. The van der Waals surface area contributed by atoms with Crippen LogP contribution < -0.4 is 10.6 Å². The fourth-order valence-electron chi connectivity index (χ4n) is 3.43. The summed E-state index contributed by atoms with van der Waals surface area (Å²) in [6.07, 6.45) is 4.28. The van der Waals surface area contributed by atoms with Gasteiger partial charge in [0.15, 0.2) is 11.1 Å². The third-order valence-electron chi connectivity index (χ3n) is 5.12. The van der Waals surface area contributed by atoms with Crippen molar-refractivity contribution >= 4 is 22.4 Å². The Morgan fingerprint density at radius 3 is 2.68 bits per heavy atom. The maximum Gasteiger partial charge on any atom is 0.191 e. The first-order valence-corrected chi connectivity index (χ1v) is 10.0. The topological polar surface area (TPSA) is 70.2 Å². The SMILES string of the molecule is COCCN1CCC(CN=C(N)N2CCN(c3nccs3)CC2)CC1. The molecule has 0 saturated carbocycles. The van der Waals surface area contributed by atoms with Gasteiger partial charge in [0.05, 0.1) is 6.61 Å². The van der Waals surface area contributed by atoms with Gasteiger partial charge in [-0.25, -0.2) is 4.98 Å². The van der Waals surface area contributed by atoms with Crippen LogP contribution in [-0.4, -0.2) is 86.8 Å². The highest BCUT2D eigenvalue weighted by Crippen LogP contribution is 2.19. The molecule has 25 heavy (non-hydrogen) atoms. The van der Waals surface area contributed by atoms with E-state index >= 15 is 0 Å². The second kappa shape index (κ2) is 9.35. The van der Waals surface area contributed by atoms with Crippen LogP contribution in [0.2, 0.25) is 0 Å². The van der Waals surface area contributed by atoms with Crippen LogP contribution in [0.1, 0.15) is 12.8 Å². The van der Waals surface area contributed by atoms with Crippen molar-refractivity contribution in [2.45, 2.75) is 12.8 Å². The Labute approximate surface area is 154 Å². The van der Waals surface area contributed by atoms with Crippen LogP contribution in [0.4, 0.5) is 5.13 Å². The molecule has 0 unspecified atom stereocenters. The largest absolute Gasteiger partial charge is 0.383 e. The number of methoxy groups -OCH3 is 1. The fraction of sp³-hybridized carbons (Fsp3) is 0.765. The van der Waals surface area contributed by atoms with Gasteiger partial charge in [-0.1, -0.05) is 0 Å². The second-order valence-corrected chi connectivity index (χ2v) is 7.64. The van der Waals surface area contributed by atoms with E-state index in [0.717, 1.165) is 64.1 Å². The summed E-state index contributed by atoms with van der Waals surface area (Å²) in [5, 5.41) is 3.13. The molecule has 3 rings (SSSR count). The van der Waals surface area contributed by atoms with Gasteiger partial charge >= 0.3 is 0 Å². The zero-order valence-electron chi connectivity index (χ0n) is 15.1. The molecular weight excluding hydrogens is 336 g/mol. The average molecular weight is 367 g/mol. The third-order valence-corrected chi connectivity index (χ3v) is 5.96. The maximum atomic E-state index is 6.24. The second-order valence-electron chi connectivity index (χ2n) is 6.77. The van der Waals surface area contributed by atoms with Crippen molar-refractivity contribution in [1.29, 1.82) is 0 Å². The quantitative estimate of drug-likeness (QED) is 0.597. The highest BCUT2D eigenvalue weighted by molar-refractivity contribution is 7.13. The summed E-state index contributed by atoms with van der Waals surface area (Å²) in [5.74, 6) is 1.37. The molecular formula is C17H30N6OS. The molecule has 0 aromatic carbocycles. The normalized spacial score (nSPS) is 21.1. The molecule has 1 aromatic rings. The summed E-state index contributed by atoms with van der Waals surface area (Å²) < 4.78 is 5.16. The van der Waals surface area contributed by atoms with Crippen LogP contribution in [-0.2, 0) is 4.74 Å². The van der Waals surface area contributed by atoms with Crippen molar-refractivity contribution < 1.29 is 4.74 Å². The van der Waals surface area contributed by atoms with Crippen molar-refractivity contribution in [3.05, 3.63) is 11.6 Å². The number of nitrogens with two attached hydrogens (primary N) is 1. The minimum absolute atomic E-state index is 0.661. The van der Waals surface area contributed by atoms with Crippen LogP contribution in [0.25, 0.3) is 0 Å². The predicted molar refractivity (Wildman–Crippen MR) is 103 cm³/mol. The summed E-state index contributed by atoms with van der Waals surface area (Å²) in [5.41, 5.74) is 6.24. The molecule has 0 atom stereocenters. The van der Waals surface area contributed by atoms with Crippen LogP contribution in [0.5, 0.6) is 0 Å². The molecule has 7 nitrogen and oxygen atoms in total. The number of piperazine rings is 1. The third kappa shape index (κ3) is 5.29. The first-order valence-electron chi connectivity index (χ1n) is 9.17. The number of piperidine rings is 1. The van der Waals surface area contributed by atoms with E-state index in [0.29, 0.717) is 11.9 Å². The summed E-state index contributed by atoms with van der Waals surface area (Å²) in [7, 11) is 1.76. The molecule has 0 radical (unpaired) electrons. The molecule has 2 aliphatic heterocycles. The molecule has 2 N–H and O–H groups in total. The molecule has 140 valence electrons. The Hall–Kier alpha value is -1.38. The number of nitrogens with zero attached hydrogens (tertiary/aromatic N) is 5. The number of aromatic nitrogens is 1. The van der Waals surface area contributed by atoms with Gasteiger partial charge in [-0.15, -0.1) is 11.3 Å². The first-order chi connectivity index (χ1) is 12.3. The zero-order valence-corrected chi connectivity index (χ0v) is 16.0.